The van der Waals surface area contributed by atoms with Gasteiger partial charge in [0.15, 0.2) is 0 Å². The van der Waals surface area contributed by atoms with Gasteiger partial charge in [-0.3, -0.25) is 4.79 Å². The fraction of sp³-hybridized carbons (Fsp3) is 0.250. The molecule has 148 valence electrons. The molecule has 4 rings (SSSR count). The normalized spacial score (nSPS) is 13.4. The van der Waals surface area contributed by atoms with Crippen LogP contribution < -0.4 is 5.32 Å². The van der Waals surface area contributed by atoms with E-state index in [9.17, 15) is 9.18 Å². The van der Waals surface area contributed by atoms with Gasteiger partial charge < -0.3 is 5.32 Å². The highest BCUT2D eigenvalue weighted by atomic mass is 32.1. The zero-order valence-corrected chi connectivity index (χ0v) is 17.2. The van der Waals surface area contributed by atoms with Crippen molar-refractivity contribution in [1.29, 1.82) is 0 Å². The fourth-order valence-corrected chi connectivity index (χ4v) is 4.92. The van der Waals surface area contributed by atoms with E-state index < -0.39 is 0 Å². The van der Waals surface area contributed by atoms with Crippen LogP contribution in [-0.4, -0.2) is 12.1 Å². The van der Waals surface area contributed by atoms with E-state index in [4.69, 9.17) is 0 Å². The number of fused-ring (bicyclic) bond motifs is 1. The van der Waals surface area contributed by atoms with Crippen LogP contribution in [0.15, 0.2) is 53.5 Å². The molecule has 5 heteroatoms. The smallest absolute Gasteiger partial charge is 0.259 e. The van der Waals surface area contributed by atoms with Crippen LogP contribution in [0.2, 0.25) is 0 Å². The third-order valence-electron chi connectivity index (χ3n) is 5.23. The van der Waals surface area contributed by atoms with Crippen LogP contribution in [0.4, 0.5) is 15.1 Å². The lowest BCUT2D eigenvalue weighted by molar-refractivity contribution is 0.102. The summed E-state index contributed by atoms with van der Waals surface area (Å²) in [5.41, 5.74) is 4.60. The molecule has 1 aliphatic carbocycles. The number of hydrogen-bond donors (Lipinski definition) is 1. The maximum absolute atomic E-state index is 13.3. The van der Waals surface area contributed by atoms with Crippen LogP contribution >= 0.6 is 11.3 Å². The average Bonchev–Trinajstić information content (AvgIpc) is 3.12. The molecule has 2 aromatic carbocycles. The number of benzene rings is 2. The van der Waals surface area contributed by atoms with E-state index in [-0.39, 0.29) is 11.7 Å². The minimum absolute atomic E-state index is 0.100. The predicted molar refractivity (Wildman–Crippen MR) is 118 cm³/mol. The monoisotopic (exact) mass is 406 g/mol. The van der Waals surface area contributed by atoms with Crippen LogP contribution in [0, 0.1) is 5.82 Å². The van der Waals surface area contributed by atoms with Crippen LogP contribution in [0.3, 0.4) is 0 Å². The highest BCUT2D eigenvalue weighted by Gasteiger charge is 2.25. The average molecular weight is 407 g/mol. The number of carbonyl (C=O) groups excluding carboxylic acids is 1. The zero-order valence-electron chi connectivity index (χ0n) is 16.4. The first-order chi connectivity index (χ1) is 14.2. The quantitative estimate of drug-likeness (QED) is 0.494. The van der Waals surface area contributed by atoms with Crippen molar-refractivity contribution >= 4 is 34.1 Å². The summed E-state index contributed by atoms with van der Waals surface area (Å²) in [4.78, 5) is 19.2. The molecule has 0 radical (unpaired) electrons. The lowest BCUT2D eigenvalue weighted by atomic mass is 9.95. The number of aryl methyl sites for hydroxylation is 2. The molecule has 0 spiro atoms. The molecule has 0 saturated heterocycles. The van der Waals surface area contributed by atoms with E-state index in [1.165, 1.54) is 17.0 Å². The van der Waals surface area contributed by atoms with Gasteiger partial charge in [0.25, 0.3) is 5.91 Å². The number of carbonyl (C=O) groups is 1. The number of para-hydroxylation sites is 1. The van der Waals surface area contributed by atoms with E-state index >= 15 is 0 Å². The van der Waals surface area contributed by atoms with Gasteiger partial charge in [-0.2, -0.15) is 0 Å². The topological polar surface area (TPSA) is 41.5 Å². The molecule has 29 heavy (non-hydrogen) atoms. The fourth-order valence-electron chi connectivity index (χ4n) is 3.69. The molecule has 0 fully saturated rings. The molecule has 1 aromatic heterocycles. The number of rotatable bonds is 5. The van der Waals surface area contributed by atoms with Gasteiger partial charge in [0, 0.05) is 16.8 Å². The Balaban J connectivity index is 1.68. The number of hydrogen-bond acceptors (Lipinski definition) is 3. The summed E-state index contributed by atoms with van der Waals surface area (Å²) in [6, 6.07) is 14.1. The summed E-state index contributed by atoms with van der Waals surface area (Å²) in [7, 11) is 0. The Morgan fingerprint density at radius 2 is 1.90 bits per heavy atom. The second-order valence-electron chi connectivity index (χ2n) is 7.17. The molecular formula is C24H23FN2OS. The number of anilines is 1. The Hall–Kier alpha value is -2.79. The molecular weight excluding hydrogens is 383 g/mol. The second kappa shape index (κ2) is 8.70. The molecule has 1 aliphatic rings. The number of aliphatic imine (C=N–C) groups is 1. The maximum Gasteiger partial charge on any atom is 0.259 e. The van der Waals surface area contributed by atoms with Crippen LogP contribution in [0.25, 0.3) is 0 Å². The van der Waals surface area contributed by atoms with Crippen molar-refractivity contribution < 1.29 is 9.18 Å². The number of nitrogens with one attached hydrogen (secondary N) is 1. The van der Waals surface area contributed by atoms with E-state index in [1.54, 1.807) is 29.7 Å². The highest BCUT2D eigenvalue weighted by Crippen LogP contribution is 2.40. The molecule has 0 atom stereocenters. The minimum atomic E-state index is -0.275. The number of nitrogens with zero attached hydrogens (tertiary/aromatic N) is 1. The minimum Gasteiger partial charge on any atom is -0.322 e. The Morgan fingerprint density at radius 3 is 2.69 bits per heavy atom. The number of amides is 1. The second-order valence-corrected chi connectivity index (χ2v) is 8.25. The largest absolute Gasteiger partial charge is 0.322 e. The summed E-state index contributed by atoms with van der Waals surface area (Å²) in [5.74, 6) is -0.375. The van der Waals surface area contributed by atoms with Gasteiger partial charge in [0.05, 0.1) is 5.56 Å². The first-order valence-corrected chi connectivity index (χ1v) is 10.8. The third-order valence-corrected chi connectivity index (χ3v) is 6.43. The van der Waals surface area contributed by atoms with Crippen LogP contribution in [-0.2, 0) is 19.3 Å². The van der Waals surface area contributed by atoms with E-state index in [2.05, 4.69) is 17.2 Å². The Labute approximate surface area is 174 Å². The van der Waals surface area contributed by atoms with E-state index in [1.807, 2.05) is 24.3 Å². The van der Waals surface area contributed by atoms with Crippen LogP contribution in [0.1, 0.15) is 51.7 Å². The maximum atomic E-state index is 13.3. The summed E-state index contributed by atoms with van der Waals surface area (Å²) < 4.78 is 13.1. The summed E-state index contributed by atoms with van der Waals surface area (Å²) >= 11 is 1.60. The molecule has 0 unspecified atom stereocenters. The summed E-state index contributed by atoms with van der Waals surface area (Å²) in [5, 5.41) is 3.83. The Kier molecular flexibility index (Phi) is 5.86. The summed E-state index contributed by atoms with van der Waals surface area (Å²) in [6.45, 7) is 2.08. The van der Waals surface area contributed by atoms with Crippen molar-refractivity contribution in [3.8, 4) is 0 Å². The Morgan fingerprint density at radius 1 is 1.14 bits per heavy atom. The SMILES string of the molecule is CCc1ccccc1NC(=O)c1c(N=Cc2ccc(F)cc2)sc2c1CCCC2. The van der Waals surface area contributed by atoms with Gasteiger partial charge in [-0.15, -0.1) is 11.3 Å². The molecule has 0 bridgehead atoms. The highest BCUT2D eigenvalue weighted by molar-refractivity contribution is 7.16. The van der Waals surface area contributed by atoms with Gasteiger partial charge >= 0.3 is 0 Å². The molecule has 0 aliphatic heterocycles. The number of thiophene rings is 1. The van der Waals surface area contributed by atoms with E-state index in [0.29, 0.717) is 5.56 Å². The lowest BCUT2D eigenvalue weighted by Gasteiger charge is -2.14. The standard InChI is InChI=1S/C24H23FN2OS/c1-2-17-7-3-5-9-20(17)27-23(28)22-19-8-4-6-10-21(19)29-24(22)26-15-16-11-13-18(25)14-12-16/h3,5,7,9,11-15H,2,4,6,8,10H2,1H3,(H,27,28). The first kappa shape index (κ1) is 19.5. The molecule has 3 nitrogen and oxygen atoms in total. The van der Waals surface area contributed by atoms with Gasteiger partial charge in [0.1, 0.15) is 10.8 Å². The lowest BCUT2D eigenvalue weighted by Crippen LogP contribution is -2.15. The Bertz CT molecular complexity index is 1050. The molecule has 1 heterocycles. The van der Waals surface area contributed by atoms with Crippen LogP contribution in [0.5, 0.6) is 0 Å². The molecule has 3 aromatic rings. The van der Waals surface area contributed by atoms with Crippen molar-refractivity contribution in [3.63, 3.8) is 0 Å². The van der Waals surface area contributed by atoms with Crippen molar-refractivity contribution in [3.05, 3.63) is 81.5 Å². The molecule has 1 amide bonds. The van der Waals surface area contributed by atoms with Crippen molar-refractivity contribution in [2.24, 2.45) is 4.99 Å². The third kappa shape index (κ3) is 4.30. The molecule has 0 saturated carbocycles. The van der Waals surface area contributed by atoms with Gasteiger partial charge in [-0.1, -0.05) is 37.3 Å². The molecule has 1 N–H and O–H groups in total. The van der Waals surface area contributed by atoms with Crippen molar-refractivity contribution in [2.75, 3.05) is 5.32 Å². The van der Waals surface area contributed by atoms with Gasteiger partial charge in [-0.25, -0.2) is 9.38 Å². The van der Waals surface area contributed by atoms with Crippen molar-refractivity contribution in [1.82, 2.24) is 0 Å². The predicted octanol–water partition coefficient (Wildman–Crippen LogP) is 6.33. The van der Waals surface area contributed by atoms with Gasteiger partial charge in [-0.05, 0) is 67.0 Å². The zero-order chi connectivity index (χ0) is 20.2. The van der Waals surface area contributed by atoms with Crippen molar-refractivity contribution in [2.45, 2.75) is 39.0 Å². The number of halogens is 1. The van der Waals surface area contributed by atoms with Gasteiger partial charge in [0.2, 0.25) is 0 Å². The first-order valence-electron chi connectivity index (χ1n) is 9.99. The van der Waals surface area contributed by atoms with E-state index in [0.717, 1.165) is 59.5 Å². The summed E-state index contributed by atoms with van der Waals surface area (Å²) in [6.07, 6.45) is 6.71.